The summed E-state index contributed by atoms with van der Waals surface area (Å²) in [6.45, 7) is 7.11. The SMILES string of the molecule is CCCCNc1nc(Cl)nc(N2C(CCSC)SC(C)(C)C2C#N)n1. The summed E-state index contributed by atoms with van der Waals surface area (Å²) in [5, 5.41) is 13.3. The number of nitrogens with zero attached hydrogens (tertiary/aromatic N) is 5. The van der Waals surface area contributed by atoms with E-state index in [-0.39, 0.29) is 21.4 Å². The van der Waals surface area contributed by atoms with Crippen LogP contribution in [0.3, 0.4) is 0 Å². The molecule has 138 valence electrons. The van der Waals surface area contributed by atoms with E-state index >= 15 is 0 Å². The quantitative estimate of drug-likeness (QED) is 0.655. The van der Waals surface area contributed by atoms with Crippen LogP contribution in [-0.2, 0) is 0 Å². The number of thioether (sulfide) groups is 2. The molecule has 0 saturated carbocycles. The van der Waals surface area contributed by atoms with Crippen LogP contribution in [0.4, 0.5) is 11.9 Å². The molecule has 9 heteroatoms. The molecule has 6 nitrogen and oxygen atoms in total. The molecule has 1 N–H and O–H groups in total. The molecule has 0 aliphatic carbocycles. The maximum Gasteiger partial charge on any atom is 0.233 e. The minimum absolute atomic E-state index is 0.147. The summed E-state index contributed by atoms with van der Waals surface area (Å²) >= 11 is 9.74. The number of nitrogens with one attached hydrogen (secondary N) is 1. The van der Waals surface area contributed by atoms with Crippen molar-refractivity contribution in [1.82, 2.24) is 15.0 Å². The minimum atomic E-state index is -0.314. The number of nitriles is 1. The lowest BCUT2D eigenvalue weighted by Gasteiger charge is -2.28. The highest BCUT2D eigenvalue weighted by atomic mass is 35.5. The van der Waals surface area contributed by atoms with Crippen molar-refractivity contribution in [3.05, 3.63) is 5.28 Å². The van der Waals surface area contributed by atoms with E-state index in [0.717, 1.165) is 31.6 Å². The Labute approximate surface area is 163 Å². The third-order valence-corrected chi connectivity index (χ3v) is 6.40. The number of hydrogen-bond acceptors (Lipinski definition) is 8. The molecule has 0 spiro atoms. The van der Waals surface area contributed by atoms with E-state index < -0.39 is 0 Å². The topological polar surface area (TPSA) is 77.7 Å². The van der Waals surface area contributed by atoms with E-state index in [2.05, 4.69) is 53.4 Å². The van der Waals surface area contributed by atoms with Crippen LogP contribution in [0.2, 0.25) is 5.28 Å². The van der Waals surface area contributed by atoms with Gasteiger partial charge in [-0.2, -0.15) is 32.0 Å². The maximum absolute atomic E-state index is 9.76. The van der Waals surface area contributed by atoms with E-state index in [9.17, 15) is 5.26 Å². The first kappa shape index (κ1) is 20.4. The van der Waals surface area contributed by atoms with Gasteiger partial charge >= 0.3 is 0 Å². The van der Waals surface area contributed by atoms with E-state index in [4.69, 9.17) is 11.6 Å². The zero-order valence-corrected chi connectivity index (χ0v) is 17.5. The highest BCUT2D eigenvalue weighted by Crippen LogP contribution is 2.47. The maximum atomic E-state index is 9.76. The minimum Gasteiger partial charge on any atom is -0.354 e. The molecule has 0 radical (unpaired) electrons. The Morgan fingerprint density at radius 1 is 1.40 bits per heavy atom. The van der Waals surface area contributed by atoms with Crippen molar-refractivity contribution in [2.45, 2.75) is 56.2 Å². The van der Waals surface area contributed by atoms with E-state index in [0.29, 0.717) is 11.9 Å². The molecule has 2 heterocycles. The normalized spacial score (nSPS) is 22.0. The molecule has 1 saturated heterocycles. The second-order valence-corrected chi connectivity index (χ2v) is 9.56. The summed E-state index contributed by atoms with van der Waals surface area (Å²) < 4.78 is -0.202. The fraction of sp³-hybridized carbons (Fsp3) is 0.750. The fourth-order valence-electron chi connectivity index (χ4n) is 2.76. The van der Waals surface area contributed by atoms with Crippen molar-refractivity contribution in [2.75, 3.05) is 28.8 Å². The average molecular weight is 401 g/mol. The Morgan fingerprint density at radius 3 is 2.80 bits per heavy atom. The van der Waals surface area contributed by atoms with Gasteiger partial charge in [0.1, 0.15) is 6.04 Å². The summed E-state index contributed by atoms with van der Waals surface area (Å²) in [5.74, 6) is 1.97. The van der Waals surface area contributed by atoms with Crippen LogP contribution in [0.25, 0.3) is 0 Å². The summed E-state index contributed by atoms with van der Waals surface area (Å²) in [6.07, 6.45) is 5.16. The van der Waals surface area contributed by atoms with Gasteiger partial charge in [0.15, 0.2) is 0 Å². The predicted octanol–water partition coefficient (Wildman–Crippen LogP) is 4.04. The highest BCUT2D eigenvalue weighted by molar-refractivity contribution is 8.01. The monoisotopic (exact) mass is 400 g/mol. The summed E-state index contributed by atoms with van der Waals surface area (Å²) in [5.41, 5.74) is 0. The van der Waals surface area contributed by atoms with Crippen molar-refractivity contribution >= 4 is 47.0 Å². The number of rotatable bonds is 8. The van der Waals surface area contributed by atoms with Gasteiger partial charge in [-0.05, 0) is 50.3 Å². The van der Waals surface area contributed by atoms with Gasteiger partial charge in [0.25, 0.3) is 0 Å². The predicted molar refractivity (Wildman–Crippen MR) is 109 cm³/mol. The number of hydrogen-bond donors (Lipinski definition) is 1. The van der Waals surface area contributed by atoms with E-state index in [1.807, 2.05) is 4.90 Å². The summed E-state index contributed by atoms with van der Waals surface area (Å²) in [7, 11) is 0. The Morgan fingerprint density at radius 2 is 2.16 bits per heavy atom. The lowest BCUT2D eigenvalue weighted by Crippen LogP contribution is -2.42. The molecular formula is C16H25ClN6S2. The van der Waals surface area contributed by atoms with Crippen LogP contribution in [0, 0.1) is 11.3 Å². The molecule has 1 aliphatic heterocycles. The van der Waals surface area contributed by atoms with E-state index in [1.165, 1.54) is 0 Å². The van der Waals surface area contributed by atoms with E-state index in [1.54, 1.807) is 23.5 Å². The molecule has 1 aliphatic rings. The zero-order valence-electron chi connectivity index (χ0n) is 15.1. The molecule has 25 heavy (non-hydrogen) atoms. The largest absolute Gasteiger partial charge is 0.354 e. The lowest BCUT2D eigenvalue weighted by atomic mass is 10.0. The summed E-state index contributed by atoms with van der Waals surface area (Å²) in [4.78, 5) is 15.0. The smallest absolute Gasteiger partial charge is 0.233 e. The van der Waals surface area contributed by atoms with Gasteiger partial charge in [-0.3, -0.25) is 0 Å². The Hall–Kier alpha value is -0.910. The zero-order chi connectivity index (χ0) is 18.4. The van der Waals surface area contributed by atoms with Gasteiger partial charge in [0.2, 0.25) is 17.2 Å². The number of halogens is 1. The van der Waals surface area contributed by atoms with Gasteiger partial charge in [-0.1, -0.05) is 13.3 Å². The third kappa shape index (κ3) is 5.05. The second kappa shape index (κ2) is 9.15. The van der Waals surface area contributed by atoms with Crippen molar-refractivity contribution < 1.29 is 0 Å². The molecule has 1 aromatic rings. The molecule has 0 amide bonds. The van der Waals surface area contributed by atoms with Crippen molar-refractivity contribution in [1.29, 1.82) is 5.26 Å². The number of anilines is 2. The van der Waals surface area contributed by atoms with Crippen LogP contribution in [0.15, 0.2) is 0 Å². The van der Waals surface area contributed by atoms with Crippen LogP contribution in [0.5, 0.6) is 0 Å². The van der Waals surface area contributed by atoms with Crippen molar-refractivity contribution in [2.24, 2.45) is 0 Å². The molecule has 0 bridgehead atoms. The number of aromatic nitrogens is 3. The van der Waals surface area contributed by atoms with Crippen LogP contribution >= 0.6 is 35.1 Å². The molecular weight excluding hydrogens is 376 g/mol. The van der Waals surface area contributed by atoms with Crippen LogP contribution in [-0.4, -0.2) is 49.7 Å². The van der Waals surface area contributed by atoms with Crippen LogP contribution < -0.4 is 10.2 Å². The van der Waals surface area contributed by atoms with Crippen molar-refractivity contribution in [3.8, 4) is 6.07 Å². The van der Waals surface area contributed by atoms with Gasteiger partial charge in [-0.15, -0.1) is 11.8 Å². The summed E-state index contributed by atoms with van der Waals surface area (Å²) in [6, 6.07) is 2.12. The fourth-order valence-corrected chi connectivity index (χ4v) is 5.09. The Bertz CT molecular complexity index is 621. The molecule has 1 aromatic heterocycles. The standard InChI is InChI=1S/C16H25ClN6S2/c1-5-6-8-19-14-20-13(17)21-15(22-14)23-11(10-18)16(2,3)25-12(23)7-9-24-4/h11-12H,5-9H2,1-4H3,(H,19,20,21,22). The van der Waals surface area contributed by atoms with Gasteiger partial charge in [0.05, 0.1) is 11.4 Å². The molecule has 1 fully saturated rings. The first-order valence-corrected chi connectivity index (χ1v) is 11.1. The third-order valence-electron chi connectivity index (χ3n) is 4.02. The van der Waals surface area contributed by atoms with Crippen molar-refractivity contribution in [3.63, 3.8) is 0 Å². The van der Waals surface area contributed by atoms with Gasteiger partial charge in [0, 0.05) is 11.3 Å². The van der Waals surface area contributed by atoms with Gasteiger partial charge in [-0.25, -0.2) is 0 Å². The lowest BCUT2D eigenvalue weighted by molar-refractivity contribution is 0.588. The van der Waals surface area contributed by atoms with Crippen LogP contribution in [0.1, 0.15) is 40.0 Å². The average Bonchev–Trinajstić information content (AvgIpc) is 2.82. The molecule has 2 atom stereocenters. The van der Waals surface area contributed by atoms with Gasteiger partial charge < -0.3 is 10.2 Å². The Balaban J connectivity index is 2.32. The Kier molecular flexibility index (Phi) is 7.47. The second-order valence-electron chi connectivity index (χ2n) is 6.40. The molecule has 2 rings (SSSR count). The first-order chi connectivity index (χ1) is 11.9. The first-order valence-electron chi connectivity index (χ1n) is 8.43. The highest BCUT2D eigenvalue weighted by Gasteiger charge is 2.48. The number of unbranched alkanes of at least 4 members (excludes halogenated alkanes) is 1. The molecule has 2 unspecified atom stereocenters. The molecule has 0 aromatic carbocycles.